The van der Waals surface area contributed by atoms with Gasteiger partial charge < -0.3 is 0 Å². The lowest BCUT2D eigenvalue weighted by atomic mass is 10.3. The molecule has 0 aliphatic heterocycles. The minimum Gasteiger partial charge on any atom is -0.237 e. The van der Waals surface area contributed by atoms with Crippen LogP contribution in [0.5, 0.6) is 0 Å². The number of rotatable bonds is 0. The van der Waals surface area contributed by atoms with Crippen LogP contribution in [0.25, 0.3) is 11.0 Å². The standard InChI is InChI=1S/C8H3I3N2/c9-5-4-2-1-3-12-8(4)13-7(11)6(5)10/h1-3H. The van der Waals surface area contributed by atoms with E-state index in [1.165, 1.54) is 7.14 Å². The summed E-state index contributed by atoms with van der Waals surface area (Å²) in [5, 5.41) is 1.13. The van der Waals surface area contributed by atoms with E-state index in [9.17, 15) is 0 Å². The SMILES string of the molecule is Ic1nc2ncccc2c(I)c1I. The van der Waals surface area contributed by atoms with E-state index in [1.54, 1.807) is 6.20 Å². The smallest absolute Gasteiger partial charge is 0.161 e. The number of fused-ring (bicyclic) bond motifs is 1. The van der Waals surface area contributed by atoms with Crippen LogP contribution in [0.1, 0.15) is 0 Å². The number of pyridine rings is 2. The van der Waals surface area contributed by atoms with E-state index in [0.717, 1.165) is 14.7 Å². The Kier molecular flexibility index (Phi) is 3.23. The highest BCUT2D eigenvalue weighted by Gasteiger charge is 2.08. The number of halogens is 3. The van der Waals surface area contributed by atoms with Crippen molar-refractivity contribution >= 4 is 78.8 Å². The van der Waals surface area contributed by atoms with Crippen molar-refractivity contribution in [3.8, 4) is 0 Å². The zero-order valence-electron chi connectivity index (χ0n) is 6.26. The van der Waals surface area contributed by atoms with E-state index in [1.807, 2.05) is 6.07 Å². The molecule has 0 aromatic carbocycles. The molecule has 5 heteroatoms. The van der Waals surface area contributed by atoms with Gasteiger partial charge in [-0.15, -0.1) is 0 Å². The Morgan fingerprint density at radius 1 is 1.08 bits per heavy atom. The normalized spacial score (nSPS) is 10.7. The Balaban J connectivity index is 2.94. The first-order valence-electron chi connectivity index (χ1n) is 3.45. The van der Waals surface area contributed by atoms with Crippen LogP contribution in [0.3, 0.4) is 0 Å². The molecule has 2 rings (SSSR count). The molecule has 0 N–H and O–H groups in total. The van der Waals surface area contributed by atoms with Gasteiger partial charge in [-0.05, 0) is 79.9 Å². The monoisotopic (exact) mass is 508 g/mol. The van der Waals surface area contributed by atoms with Crippen molar-refractivity contribution in [2.24, 2.45) is 0 Å². The molecule has 0 saturated carbocycles. The van der Waals surface area contributed by atoms with Gasteiger partial charge in [0, 0.05) is 15.2 Å². The molecule has 0 radical (unpaired) electrons. The molecule has 2 heterocycles. The molecule has 0 fully saturated rings. The molecule has 2 nitrogen and oxygen atoms in total. The van der Waals surface area contributed by atoms with Crippen molar-refractivity contribution in [3.63, 3.8) is 0 Å². The zero-order valence-corrected chi connectivity index (χ0v) is 12.7. The average Bonchev–Trinajstić information content (AvgIpc) is 2.15. The Morgan fingerprint density at radius 2 is 1.85 bits per heavy atom. The van der Waals surface area contributed by atoms with Gasteiger partial charge in [-0.1, -0.05) is 0 Å². The molecule has 0 unspecified atom stereocenters. The van der Waals surface area contributed by atoms with Gasteiger partial charge in [0.25, 0.3) is 0 Å². The molecule has 0 saturated heterocycles. The topological polar surface area (TPSA) is 25.8 Å². The van der Waals surface area contributed by atoms with Crippen molar-refractivity contribution in [2.45, 2.75) is 0 Å². The van der Waals surface area contributed by atoms with Crippen LogP contribution in [-0.4, -0.2) is 9.97 Å². The van der Waals surface area contributed by atoms with E-state index in [0.29, 0.717) is 0 Å². The lowest BCUT2D eigenvalue weighted by molar-refractivity contribution is 1.23. The third-order valence-electron chi connectivity index (χ3n) is 1.60. The molecule has 0 aliphatic carbocycles. The van der Waals surface area contributed by atoms with E-state index < -0.39 is 0 Å². The highest BCUT2D eigenvalue weighted by molar-refractivity contribution is 14.1. The minimum atomic E-state index is 0.830. The first-order valence-corrected chi connectivity index (χ1v) is 6.69. The second-order valence-corrected chi connectivity index (χ2v) is 5.58. The fourth-order valence-corrected chi connectivity index (χ4v) is 3.11. The van der Waals surface area contributed by atoms with Crippen molar-refractivity contribution in [1.29, 1.82) is 0 Å². The Labute approximate surface area is 116 Å². The van der Waals surface area contributed by atoms with Gasteiger partial charge in [-0.2, -0.15) is 0 Å². The van der Waals surface area contributed by atoms with Gasteiger partial charge in [-0.3, -0.25) is 0 Å². The maximum Gasteiger partial charge on any atom is 0.161 e. The van der Waals surface area contributed by atoms with Crippen LogP contribution >= 0.6 is 67.8 Å². The summed E-state index contributed by atoms with van der Waals surface area (Å²) in [7, 11) is 0. The van der Waals surface area contributed by atoms with Crippen LogP contribution in [-0.2, 0) is 0 Å². The predicted octanol–water partition coefficient (Wildman–Crippen LogP) is 3.44. The van der Waals surface area contributed by atoms with E-state index in [4.69, 9.17) is 0 Å². The van der Waals surface area contributed by atoms with Gasteiger partial charge in [-0.25, -0.2) is 9.97 Å². The molecule has 0 bridgehead atoms. The third-order valence-corrected chi connectivity index (χ3v) is 6.62. The van der Waals surface area contributed by atoms with Crippen molar-refractivity contribution in [3.05, 3.63) is 29.2 Å². The molecule has 0 spiro atoms. The Bertz CT molecular complexity index is 470. The highest BCUT2D eigenvalue weighted by atomic mass is 127. The van der Waals surface area contributed by atoms with Gasteiger partial charge >= 0.3 is 0 Å². The van der Waals surface area contributed by atoms with Crippen LogP contribution in [0.4, 0.5) is 0 Å². The summed E-state index contributed by atoms with van der Waals surface area (Å²) in [5.74, 6) is 0. The second kappa shape index (κ2) is 4.09. The number of aromatic nitrogens is 2. The highest BCUT2D eigenvalue weighted by Crippen LogP contribution is 2.25. The number of hydrogen-bond donors (Lipinski definition) is 0. The Hall–Kier alpha value is 0.750. The molecule has 66 valence electrons. The lowest BCUT2D eigenvalue weighted by Gasteiger charge is -2.03. The molecule has 2 aromatic rings. The summed E-state index contributed by atoms with van der Waals surface area (Å²) in [6.07, 6.45) is 1.77. The Morgan fingerprint density at radius 3 is 2.62 bits per heavy atom. The predicted molar refractivity (Wildman–Crippen MR) is 77.7 cm³/mol. The average molecular weight is 508 g/mol. The molecular weight excluding hydrogens is 505 g/mol. The first kappa shape index (κ1) is 10.3. The maximum absolute atomic E-state index is 4.40. The van der Waals surface area contributed by atoms with E-state index in [-0.39, 0.29) is 0 Å². The molecule has 13 heavy (non-hydrogen) atoms. The third kappa shape index (κ3) is 1.91. The van der Waals surface area contributed by atoms with Gasteiger partial charge in [0.1, 0.15) is 3.70 Å². The molecule has 0 amide bonds. The van der Waals surface area contributed by atoms with E-state index in [2.05, 4.69) is 83.8 Å². The van der Waals surface area contributed by atoms with E-state index >= 15 is 0 Å². The van der Waals surface area contributed by atoms with Gasteiger partial charge in [0.2, 0.25) is 0 Å². The van der Waals surface area contributed by atoms with Crippen LogP contribution < -0.4 is 0 Å². The number of nitrogens with zero attached hydrogens (tertiary/aromatic N) is 2. The van der Waals surface area contributed by atoms with Crippen LogP contribution in [0.15, 0.2) is 18.3 Å². The molecule has 0 atom stereocenters. The van der Waals surface area contributed by atoms with Crippen LogP contribution in [0, 0.1) is 10.8 Å². The maximum atomic E-state index is 4.40. The van der Waals surface area contributed by atoms with Crippen molar-refractivity contribution in [1.82, 2.24) is 9.97 Å². The lowest BCUT2D eigenvalue weighted by Crippen LogP contribution is -1.94. The zero-order chi connectivity index (χ0) is 9.42. The fraction of sp³-hybridized carbons (Fsp3) is 0. The number of hydrogen-bond acceptors (Lipinski definition) is 2. The second-order valence-electron chi connectivity index (χ2n) is 2.41. The summed E-state index contributed by atoms with van der Waals surface area (Å²) in [5.41, 5.74) is 0.830. The summed E-state index contributed by atoms with van der Waals surface area (Å²) in [6, 6.07) is 3.99. The minimum absolute atomic E-state index is 0.830. The molecule has 0 aliphatic rings. The summed E-state index contributed by atoms with van der Waals surface area (Å²) in [4.78, 5) is 8.62. The van der Waals surface area contributed by atoms with Crippen molar-refractivity contribution in [2.75, 3.05) is 0 Å². The first-order chi connectivity index (χ1) is 6.20. The largest absolute Gasteiger partial charge is 0.237 e. The van der Waals surface area contributed by atoms with Gasteiger partial charge in [0.05, 0.1) is 3.57 Å². The fourth-order valence-electron chi connectivity index (χ4n) is 1.01. The van der Waals surface area contributed by atoms with Gasteiger partial charge in [0.15, 0.2) is 5.65 Å². The molecule has 2 aromatic heterocycles. The van der Waals surface area contributed by atoms with Crippen molar-refractivity contribution < 1.29 is 0 Å². The quantitative estimate of drug-likeness (QED) is 0.403. The summed E-state index contributed by atoms with van der Waals surface area (Å²) in [6.45, 7) is 0. The van der Waals surface area contributed by atoms with Crippen LogP contribution in [0.2, 0.25) is 0 Å². The summed E-state index contributed by atoms with van der Waals surface area (Å²) >= 11 is 6.88. The summed E-state index contributed by atoms with van der Waals surface area (Å²) < 4.78 is 3.47. The molecular formula is C8H3I3N2.